The monoisotopic (exact) mass is 616 g/mol. The first-order valence-corrected chi connectivity index (χ1v) is 15.6. The lowest BCUT2D eigenvalue weighted by Gasteiger charge is -2.09. The third-order valence-corrected chi connectivity index (χ3v) is 7.94. The summed E-state index contributed by atoms with van der Waals surface area (Å²) in [6, 6.07) is 5.91. The molecule has 0 spiro atoms. The molecule has 0 atom stereocenters. The fourth-order valence-electron chi connectivity index (χ4n) is 4.78. The predicted octanol–water partition coefficient (Wildman–Crippen LogP) is 5.09. The molecule has 224 valence electrons. The van der Waals surface area contributed by atoms with Crippen molar-refractivity contribution in [1.82, 2.24) is 35.1 Å². The molecule has 0 bridgehead atoms. The molecule has 0 aliphatic heterocycles. The van der Waals surface area contributed by atoms with Crippen molar-refractivity contribution in [2.24, 2.45) is 5.92 Å². The molecule has 1 aromatic carbocycles. The minimum absolute atomic E-state index is 0.00754. The molecule has 0 fully saturated rings. The molecule has 0 saturated heterocycles. The number of aromatic amines is 2. The molecular formula is C30H26F2N8O3S. The highest BCUT2D eigenvalue weighted by Crippen LogP contribution is 2.35. The number of carbonyl (C=O) groups excluding carboxylic acids is 1. The van der Waals surface area contributed by atoms with Crippen LogP contribution in [-0.2, 0) is 21.1 Å². The summed E-state index contributed by atoms with van der Waals surface area (Å²) < 4.78 is 54.0. The van der Waals surface area contributed by atoms with Crippen molar-refractivity contribution in [3.8, 4) is 33.9 Å². The van der Waals surface area contributed by atoms with Crippen LogP contribution in [0, 0.1) is 17.6 Å². The maximum absolute atomic E-state index is 16.1. The van der Waals surface area contributed by atoms with Gasteiger partial charge in [-0.25, -0.2) is 22.2 Å². The summed E-state index contributed by atoms with van der Waals surface area (Å²) in [6.07, 6.45) is 8.72. The van der Waals surface area contributed by atoms with Gasteiger partial charge in [-0.2, -0.15) is 5.10 Å². The van der Waals surface area contributed by atoms with E-state index < -0.39 is 21.5 Å². The molecule has 0 aliphatic carbocycles. The molecule has 0 saturated carbocycles. The molecule has 1 amide bonds. The number of hydrogen-bond donors (Lipinski definition) is 3. The summed E-state index contributed by atoms with van der Waals surface area (Å²) in [4.78, 5) is 32.6. The van der Waals surface area contributed by atoms with Crippen LogP contribution in [0.4, 0.5) is 14.5 Å². The summed E-state index contributed by atoms with van der Waals surface area (Å²) in [5.41, 5.74) is 3.71. The van der Waals surface area contributed by atoms with Gasteiger partial charge < -0.3 is 10.3 Å². The van der Waals surface area contributed by atoms with Crippen molar-refractivity contribution in [1.29, 1.82) is 0 Å². The third kappa shape index (κ3) is 5.75. The van der Waals surface area contributed by atoms with E-state index in [-0.39, 0.29) is 46.6 Å². The Morgan fingerprint density at radius 1 is 0.955 bits per heavy atom. The zero-order valence-electron chi connectivity index (χ0n) is 23.8. The number of H-pyrrole nitrogens is 2. The molecule has 0 radical (unpaired) electrons. The molecule has 6 rings (SSSR count). The van der Waals surface area contributed by atoms with E-state index >= 15 is 4.39 Å². The Kier molecular flexibility index (Phi) is 7.37. The van der Waals surface area contributed by atoms with Crippen LogP contribution in [0.15, 0.2) is 55.2 Å². The first kappa shape index (κ1) is 29.0. The van der Waals surface area contributed by atoms with Gasteiger partial charge in [0.05, 0.1) is 52.0 Å². The Balaban J connectivity index is 1.41. The average molecular weight is 617 g/mol. The number of aryl methyl sites for hydroxylation is 1. The normalized spacial score (nSPS) is 12.0. The number of rotatable bonds is 8. The number of aromatic nitrogens is 7. The van der Waals surface area contributed by atoms with E-state index in [4.69, 9.17) is 0 Å². The van der Waals surface area contributed by atoms with Gasteiger partial charge in [0.25, 0.3) is 0 Å². The SMILES string of the molecule is CC(C)C(=O)Nc1cncc(-c2ncc3[nH]nc(-c4nc5c(-c6cc(F)cc(CCS(C)(=O)=O)c6)cncc5[nH]4)c3c2F)c1. The van der Waals surface area contributed by atoms with E-state index in [1.165, 1.54) is 36.9 Å². The number of imidazole rings is 1. The summed E-state index contributed by atoms with van der Waals surface area (Å²) in [6.45, 7) is 3.52. The van der Waals surface area contributed by atoms with E-state index in [9.17, 15) is 17.6 Å². The van der Waals surface area contributed by atoms with Crippen LogP contribution in [-0.4, -0.2) is 61.5 Å². The van der Waals surface area contributed by atoms with Crippen molar-refractivity contribution in [3.63, 3.8) is 0 Å². The topological polar surface area (TPSA) is 159 Å². The molecule has 0 unspecified atom stereocenters. The van der Waals surface area contributed by atoms with E-state index in [0.29, 0.717) is 44.5 Å². The summed E-state index contributed by atoms with van der Waals surface area (Å²) in [5, 5.41) is 9.98. The number of fused-ring (bicyclic) bond motifs is 2. The van der Waals surface area contributed by atoms with Crippen LogP contribution in [0.25, 0.3) is 55.8 Å². The van der Waals surface area contributed by atoms with Gasteiger partial charge >= 0.3 is 0 Å². The van der Waals surface area contributed by atoms with Gasteiger partial charge in [0, 0.05) is 35.7 Å². The van der Waals surface area contributed by atoms with Gasteiger partial charge in [-0.3, -0.25) is 24.8 Å². The second-order valence-corrected chi connectivity index (χ2v) is 13.0. The molecule has 5 heterocycles. The lowest BCUT2D eigenvalue weighted by atomic mass is 10.0. The number of carbonyl (C=O) groups is 1. The Labute approximate surface area is 250 Å². The lowest BCUT2D eigenvalue weighted by Crippen LogP contribution is -2.17. The standard InChI is InChI=1S/C30H26F2N8O3S/c1-15(2)30(41)36-20-9-18(10-33-11-20)26-25(32)24-22(14-35-26)39-40-28(24)29-37-23-13-34-12-21(27(23)38-29)17-6-16(7-19(31)8-17)4-5-44(3,42)43/h6-15H,4-5H2,1-3H3,(H,36,41)(H,37,38)(H,39,40). The number of halogens is 2. The van der Waals surface area contributed by atoms with E-state index in [1.807, 2.05) is 0 Å². The van der Waals surface area contributed by atoms with Crippen molar-refractivity contribution in [3.05, 3.63) is 72.4 Å². The second-order valence-electron chi connectivity index (χ2n) is 10.8. The Hall–Kier alpha value is -5.11. The van der Waals surface area contributed by atoms with Crippen LogP contribution in [0.5, 0.6) is 0 Å². The van der Waals surface area contributed by atoms with Crippen LogP contribution in [0.2, 0.25) is 0 Å². The van der Waals surface area contributed by atoms with Gasteiger partial charge in [-0.1, -0.05) is 19.9 Å². The molecule has 11 nitrogen and oxygen atoms in total. The molecule has 6 aromatic rings. The minimum Gasteiger partial charge on any atom is -0.335 e. The van der Waals surface area contributed by atoms with Crippen molar-refractivity contribution >= 4 is 43.4 Å². The Morgan fingerprint density at radius 2 is 1.75 bits per heavy atom. The Bertz CT molecular complexity index is 2180. The number of hydrogen-bond acceptors (Lipinski definition) is 8. The molecule has 14 heteroatoms. The molecule has 0 aliphatic rings. The summed E-state index contributed by atoms with van der Waals surface area (Å²) in [7, 11) is -3.24. The number of nitrogens with one attached hydrogen (secondary N) is 3. The smallest absolute Gasteiger partial charge is 0.226 e. The van der Waals surface area contributed by atoms with E-state index in [0.717, 1.165) is 6.26 Å². The third-order valence-electron chi connectivity index (χ3n) is 7.00. The number of nitrogens with zero attached hydrogens (tertiary/aromatic N) is 5. The maximum atomic E-state index is 16.1. The van der Waals surface area contributed by atoms with Crippen LogP contribution < -0.4 is 5.32 Å². The quantitative estimate of drug-likeness (QED) is 0.213. The van der Waals surface area contributed by atoms with Crippen LogP contribution in [0.1, 0.15) is 19.4 Å². The highest BCUT2D eigenvalue weighted by atomic mass is 32.2. The maximum Gasteiger partial charge on any atom is 0.226 e. The largest absolute Gasteiger partial charge is 0.335 e. The van der Waals surface area contributed by atoms with Gasteiger partial charge in [0.1, 0.15) is 27.0 Å². The van der Waals surface area contributed by atoms with E-state index in [1.54, 1.807) is 32.2 Å². The first-order chi connectivity index (χ1) is 21.0. The molecule has 5 aromatic heterocycles. The van der Waals surface area contributed by atoms with Crippen LogP contribution in [0.3, 0.4) is 0 Å². The molecular weight excluding hydrogens is 590 g/mol. The van der Waals surface area contributed by atoms with Crippen molar-refractivity contribution < 1.29 is 22.0 Å². The van der Waals surface area contributed by atoms with Gasteiger partial charge in [0.2, 0.25) is 5.91 Å². The average Bonchev–Trinajstić information content (AvgIpc) is 3.60. The number of amides is 1. The van der Waals surface area contributed by atoms with E-state index in [2.05, 4.69) is 40.4 Å². The number of pyridine rings is 3. The number of anilines is 1. The first-order valence-electron chi connectivity index (χ1n) is 13.6. The fraction of sp³-hybridized carbons (Fsp3) is 0.200. The second kappa shape index (κ2) is 11.2. The molecule has 44 heavy (non-hydrogen) atoms. The highest BCUT2D eigenvalue weighted by molar-refractivity contribution is 7.90. The minimum atomic E-state index is -3.24. The summed E-state index contributed by atoms with van der Waals surface area (Å²) in [5.74, 6) is -1.53. The zero-order valence-corrected chi connectivity index (χ0v) is 24.6. The number of benzene rings is 1. The molecule has 3 N–H and O–H groups in total. The van der Waals surface area contributed by atoms with Crippen molar-refractivity contribution in [2.75, 3.05) is 17.3 Å². The van der Waals surface area contributed by atoms with Gasteiger partial charge in [0.15, 0.2) is 11.6 Å². The van der Waals surface area contributed by atoms with Crippen LogP contribution >= 0.6 is 0 Å². The summed E-state index contributed by atoms with van der Waals surface area (Å²) >= 11 is 0. The highest BCUT2D eigenvalue weighted by Gasteiger charge is 2.22. The number of sulfone groups is 1. The fourth-order valence-corrected chi connectivity index (χ4v) is 5.39. The predicted molar refractivity (Wildman–Crippen MR) is 162 cm³/mol. The van der Waals surface area contributed by atoms with Gasteiger partial charge in [-0.05, 0) is 35.7 Å². The lowest BCUT2D eigenvalue weighted by molar-refractivity contribution is -0.118. The van der Waals surface area contributed by atoms with Crippen molar-refractivity contribution in [2.45, 2.75) is 20.3 Å². The van der Waals surface area contributed by atoms with Gasteiger partial charge in [-0.15, -0.1) is 0 Å². The Morgan fingerprint density at radius 3 is 2.52 bits per heavy atom. The zero-order chi connectivity index (χ0) is 31.2.